The number of nitrogens with zero attached hydrogens (tertiary/aromatic N) is 2. The molecule has 0 unspecified atom stereocenters. The van der Waals surface area contributed by atoms with Gasteiger partial charge < -0.3 is 15.0 Å². The van der Waals surface area contributed by atoms with Crippen LogP contribution >= 0.6 is 0 Å². The molecular weight excluding hydrogens is 464 g/mol. The van der Waals surface area contributed by atoms with Crippen LogP contribution in [-0.2, 0) is 29.7 Å². The average Bonchev–Trinajstić information content (AvgIpc) is 3.57. The third kappa shape index (κ3) is 5.79. The zero-order valence-electron chi connectivity index (χ0n) is 20.2. The van der Waals surface area contributed by atoms with Crippen LogP contribution in [0.4, 0.5) is 4.79 Å². The second kappa shape index (κ2) is 10.2. The van der Waals surface area contributed by atoms with Gasteiger partial charge in [0.1, 0.15) is 10.6 Å². The van der Waals surface area contributed by atoms with Crippen molar-refractivity contribution in [2.24, 2.45) is 5.92 Å². The zero-order valence-corrected chi connectivity index (χ0v) is 21.0. The number of ether oxygens (including phenoxy) is 1. The van der Waals surface area contributed by atoms with Gasteiger partial charge >= 0.3 is 6.03 Å². The summed E-state index contributed by atoms with van der Waals surface area (Å²) in [5.41, 5.74) is 3.62. The van der Waals surface area contributed by atoms with Gasteiger partial charge in [0.15, 0.2) is 0 Å². The maximum Gasteiger partial charge on any atom is 0.317 e. The first-order valence-electron chi connectivity index (χ1n) is 12.4. The summed E-state index contributed by atoms with van der Waals surface area (Å²) >= 11 is 0. The standard InChI is InChI=1S/C26H34N4O4S/c1-27-26(31)30-12-10-19(11-13-30)18-34-24-9-6-20(14-25(24)35(32,33)28-23-7-8-23)15-29-16-21-4-2-3-5-22(21)17-29/h2-6,9,14,19,23,28H,7-8,10-13,15-18H2,1H3,(H,27,31). The van der Waals surface area contributed by atoms with Gasteiger partial charge in [-0.3, -0.25) is 4.90 Å². The van der Waals surface area contributed by atoms with Crippen molar-refractivity contribution < 1.29 is 17.9 Å². The van der Waals surface area contributed by atoms with E-state index in [-0.39, 0.29) is 22.9 Å². The minimum atomic E-state index is -3.67. The van der Waals surface area contributed by atoms with Crippen molar-refractivity contribution in [3.63, 3.8) is 0 Å². The van der Waals surface area contributed by atoms with Crippen LogP contribution < -0.4 is 14.8 Å². The summed E-state index contributed by atoms with van der Waals surface area (Å²) in [5, 5.41) is 2.67. The molecule has 188 valence electrons. The Balaban J connectivity index is 1.28. The number of amides is 2. The number of likely N-dealkylation sites (tertiary alicyclic amines) is 1. The smallest absolute Gasteiger partial charge is 0.317 e. The first kappa shape index (κ1) is 24.1. The van der Waals surface area contributed by atoms with Crippen molar-refractivity contribution in [2.45, 2.75) is 56.3 Å². The van der Waals surface area contributed by atoms with Gasteiger partial charge in [-0.25, -0.2) is 17.9 Å². The Morgan fingerprint density at radius 1 is 1.03 bits per heavy atom. The highest BCUT2D eigenvalue weighted by Crippen LogP contribution is 2.31. The lowest BCUT2D eigenvalue weighted by molar-refractivity contribution is 0.145. The summed E-state index contributed by atoms with van der Waals surface area (Å²) in [6.07, 6.45) is 3.43. The van der Waals surface area contributed by atoms with E-state index in [4.69, 9.17) is 4.74 Å². The number of urea groups is 1. The van der Waals surface area contributed by atoms with Gasteiger partial charge in [0, 0.05) is 45.8 Å². The van der Waals surface area contributed by atoms with E-state index in [0.29, 0.717) is 32.0 Å². The molecule has 0 spiro atoms. The number of benzene rings is 2. The van der Waals surface area contributed by atoms with E-state index in [1.165, 1.54) is 11.1 Å². The summed E-state index contributed by atoms with van der Waals surface area (Å²) in [6.45, 7) is 4.21. The van der Waals surface area contributed by atoms with Gasteiger partial charge in [-0.1, -0.05) is 30.3 Å². The molecule has 2 heterocycles. The van der Waals surface area contributed by atoms with Gasteiger partial charge in [-0.05, 0) is 60.4 Å². The molecule has 2 N–H and O–H groups in total. The molecule has 1 saturated heterocycles. The summed E-state index contributed by atoms with van der Waals surface area (Å²) in [5.74, 6) is 0.686. The van der Waals surface area contributed by atoms with Crippen molar-refractivity contribution >= 4 is 16.1 Å². The van der Waals surface area contributed by atoms with Crippen molar-refractivity contribution in [3.05, 3.63) is 59.2 Å². The predicted octanol–water partition coefficient (Wildman–Crippen LogP) is 3.07. The van der Waals surface area contributed by atoms with E-state index in [2.05, 4.69) is 39.2 Å². The number of fused-ring (bicyclic) bond motifs is 1. The summed E-state index contributed by atoms with van der Waals surface area (Å²) in [6, 6.07) is 14.0. The molecule has 0 aromatic heterocycles. The molecule has 0 atom stereocenters. The predicted molar refractivity (Wildman–Crippen MR) is 133 cm³/mol. The number of carbonyl (C=O) groups is 1. The molecule has 8 nitrogen and oxygen atoms in total. The first-order valence-corrected chi connectivity index (χ1v) is 13.9. The molecule has 2 aromatic carbocycles. The van der Waals surface area contributed by atoms with E-state index in [9.17, 15) is 13.2 Å². The largest absolute Gasteiger partial charge is 0.492 e. The van der Waals surface area contributed by atoms with E-state index < -0.39 is 10.0 Å². The van der Waals surface area contributed by atoms with Gasteiger partial charge in [0.2, 0.25) is 10.0 Å². The molecular formula is C26H34N4O4S. The van der Waals surface area contributed by atoms with Gasteiger partial charge in [-0.2, -0.15) is 0 Å². The van der Waals surface area contributed by atoms with Crippen molar-refractivity contribution in [2.75, 3.05) is 26.7 Å². The van der Waals surface area contributed by atoms with Crippen LogP contribution in [0, 0.1) is 5.92 Å². The Morgan fingerprint density at radius 3 is 2.34 bits per heavy atom. The average molecular weight is 499 g/mol. The molecule has 0 bridgehead atoms. The molecule has 3 aliphatic rings. The Kier molecular flexibility index (Phi) is 7.00. The van der Waals surface area contributed by atoms with Crippen LogP contribution in [0.2, 0.25) is 0 Å². The zero-order chi connectivity index (χ0) is 24.4. The van der Waals surface area contributed by atoms with Crippen LogP contribution in [0.5, 0.6) is 5.75 Å². The van der Waals surface area contributed by atoms with Gasteiger partial charge in [-0.15, -0.1) is 0 Å². The Hall–Kier alpha value is -2.62. The van der Waals surface area contributed by atoms with E-state index in [0.717, 1.165) is 44.3 Å². The van der Waals surface area contributed by atoms with E-state index in [1.807, 2.05) is 6.07 Å². The molecule has 1 aliphatic carbocycles. The number of hydrogen-bond donors (Lipinski definition) is 2. The fourth-order valence-electron chi connectivity index (χ4n) is 4.91. The lowest BCUT2D eigenvalue weighted by atomic mass is 9.98. The van der Waals surface area contributed by atoms with Crippen LogP contribution in [-0.4, -0.2) is 57.0 Å². The summed E-state index contributed by atoms with van der Waals surface area (Å²) in [4.78, 5) is 16.2. The highest BCUT2D eigenvalue weighted by molar-refractivity contribution is 7.89. The molecule has 2 aliphatic heterocycles. The lowest BCUT2D eigenvalue weighted by Gasteiger charge is -2.31. The number of nitrogens with one attached hydrogen (secondary N) is 2. The monoisotopic (exact) mass is 498 g/mol. The summed E-state index contributed by atoms with van der Waals surface area (Å²) in [7, 11) is -2.03. The normalized spacial score (nSPS) is 18.9. The SMILES string of the molecule is CNC(=O)N1CCC(COc2ccc(CN3Cc4ccccc4C3)cc2S(=O)(=O)NC2CC2)CC1. The highest BCUT2D eigenvalue weighted by Gasteiger charge is 2.31. The second-order valence-corrected chi connectivity index (χ2v) is 11.6. The molecule has 9 heteroatoms. The van der Waals surface area contributed by atoms with Crippen LogP contribution in [0.25, 0.3) is 0 Å². The summed E-state index contributed by atoms with van der Waals surface area (Å²) < 4.78 is 35.4. The van der Waals surface area contributed by atoms with Crippen LogP contribution in [0.15, 0.2) is 47.4 Å². The minimum Gasteiger partial charge on any atom is -0.492 e. The first-order chi connectivity index (χ1) is 16.9. The molecule has 5 rings (SSSR count). The lowest BCUT2D eigenvalue weighted by Crippen LogP contribution is -2.43. The molecule has 2 fully saturated rings. The topological polar surface area (TPSA) is 91.0 Å². The van der Waals surface area contributed by atoms with Crippen molar-refractivity contribution in [1.29, 1.82) is 0 Å². The Morgan fingerprint density at radius 2 is 1.71 bits per heavy atom. The maximum atomic E-state index is 13.2. The van der Waals surface area contributed by atoms with Gasteiger partial charge in [0.25, 0.3) is 0 Å². The van der Waals surface area contributed by atoms with Crippen LogP contribution in [0.1, 0.15) is 42.4 Å². The Labute approximate surface area is 207 Å². The number of carbonyl (C=O) groups excluding carboxylic acids is 1. The number of rotatable bonds is 8. The maximum absolute atomic E-state index is 13.2. The molecule has 2 amide bonds. The fourth-order valence-corrected chi connectivity index (χ4v) is 6.41. The van der Waals surface area contributed by atoms with E-state index >= 15 is 0 Å². The van der Waals surface area contributed by atoms with Crippen LogP contribution in [0.3, 0.4) is 0 Å². The number of piperidine rings is 1. The number of hydrogen-bond acceptors (Lipinski definition) is 5. The van der Waals surface area contributed by atoms with E-state index in [1.54, 1.807) is 24.1 Å². The Bertz CT molecular complexity index is 1150. The molecule has 0 radical (unpaired) electrons. The fraction of sp³-hybridized carbons (Fsp3) is 0.500. The minimum absolute atomic E-state index is 0.0265. The number of sulfonamides is 1. The molecule has 2 aromatic rings. The van der Waals surface area contributed by atoms with Gasteiger partial charge in [0.05, 0.1) is 6.61 Å². The quantitative estimate of drug-likeness (QED) is 0.584. The second-order valence-electron chi connectivity index (χ2n) is 9.89. The molecule has 35 heavy (non-hydrogen) atoms. The van der Waals surface area contributed by atoms with Crippen molar-refractivity contribution in [3.8, 4) is 5.75 Å². The highest BCUT2D eigenvalue weighted by atomic mass is 32.2. The molecule has 1 saturated carbocycles. The van der Waals surface area contributed by atoms with Crippen molar-refractivity contribution in [1.82, 2.24) is 19.8 Å². The third-order valence-electron chi connectivity index (χ3n) is 7.10. The third-order valence-corrected chi connectivity index (χ3v) is 8.64.